The first-order valence-electron chi connectivity index (χ1n) is 8.27. The number of nitrogens with one attached hydrogen (secondary N) is 1. The Labute approximate surface area is 138 Å². The van der Waals surface area contributed by atoms with Gasteiger partial charge < -0.3 is 19.5 Å². The molecule has 0 spiro atoms. The van der Waals surface area contributed by atoms with Crippen LogP contribution in [0.25, 0.3) is 0 Å². The minimum Gasteiger partial charge on any atom is -0.497 e. The number of methoxy groups -OCH3 is 2. The molecule has 1 aromatic carbocycles. The van der Waals surface area contributed by atoms with Crippen molar-refractivity contribution in [1.82, 2.24) is 5.32 Å². The fraction of sp³-hybridized carbons (Fsp3) is 0.611. The Morgan fingerprint density at radius 2 is 1.96 bits per heavy atom. The van der Waals surface area contributed by atoms with Crippen LogP contribution in [-0.4, -0.2) is 32.8 Å². The first-order chi connectivity index (χ1) is 11.1. The smallest absolute Gasteiger partial charge is 0.246 e. The number of carbonyl (C=O) groups excluding carboxylic acids is 1. The van der Waals surface area contributed by atoms with E-state index < -0.39 is 0 Å². The van der Waals surface area contributed by atoms with Crippen LogP contribution in [-0.2, 0) is 9.53 Å². The summed E-state index contributed by atoms with van der Waals surface area (Å²) in [6.07, 6.45) is 6.03. The number of ether oxygens (including phenoxy) is 3. The Kier molecular flexibility index (Phi) is 6.71. The van der Waals surface area contributed by atoms with E-state index >= 15 is 0 Å². The van der Waals surface area contributed by atoms with Crippen molar-refractivity contribution in [2.24, 2.45) is 0 Å². The molecule has 1 N–H and O–H groups in total. The first kappa shape index (κ1) is 17.6. The topological polar surface area (TPSA) is 56.8 Å². The standard InChI is InChI=1S/C18H27NO4/c1-13(16-11-15(21-2)9-10-17(16)22-3)19-18(20)12-23-14-7-5-4-6-8-14/h9-11,13-14H,4-8,12H2,1-3H3,(H,19,20)/t13-/m1/s1. The van der Waals surface area contributed by atoms with Crippen LogP contribution in [0.5, 0.6) is 11.5 Å². The van der Waals surface area contributed by atoms with Gasteiger partial charge in [0.15, 0.2) is 0 Å². The van der Waals surface area contributed by atoms with Crippen molar-refractivity contribution in [3.63, 3.8) is 0 Å². The largest absolute Gasteiger partial charge is 0.497 e. The van der Waals surface area contributed by atoms with E-state index in [1.807, 2.05) is 25.1 Å². The lowest BCUT2D eigenvalue weighted by Crippen LogP contribution is -2.32. The van der Waals surface area contributed by atoms with Crippen molar-refractivity contribution in [2.45, 2.75) is 51.2 Å². The van der Waals surface area contributed by atoms with Gasteiger partial charge in [-0.25, -0.2) is 0 Å². The summed E-state index contributed by atoms with van der Waals surface area (Å²) in [6, 6.07) is 5.38. The summed E-state index contributed by atoms with van der Waals surface area (Å²) >= 11 is 0. The average molecular weight is 321 g/mol. The number of hydrogen-bond acceptors (Lipinski definition) is 4. The van der Waals surface area contributed by atoms with Crippen molar-refractivity contribution in [1.29, 1.82) is 0 Å². The van der Waals surface area contributed by atoms with E-state index in [-0.39, 0.29) is 24.7 Å². The van der Waals surface area contributed by atoms with Gasteiger partial charge in [0.25, 0.3) is 0 Å². The maximum absolute atomic E-state index is 12.1. The summed E-state index contributed by atoms with van der Waals surface area (Å²) in [4.78, 5) is 12.1. The van der Waals surface area contributed by atoms with E-state index in [1.54, 1.807) is 14.2 Å². The van der Waals surface area contributed by atoms with Crippen LogP contribution in [0.4, 0.5) is 0 Å². The average Bonchev–Trinajstić information content (AvgIpc) is 2.60. The van der Waals surface area contributed by atoms with Crippen LogP contribution in [0, 0.1) is 0 Å². The predicted octanol–water partition coefficient (Wildman–Crippen LogP) is 3.23. The highest BCUT2D eigenvalue weighted by atomic mass is 16.5. The van der Waals surface area contributed by atoms with Crippen molar-refractivity contribution < 1.29 is 19.0 Å². The molecule has 0 heterocycles. The highest BCUT2D eigenvalue weighted by Gasteiger charge is 2.18. The minimum atomic E-state index is -0.178. The third kappa shape index (κ3) is 5.13. The number of carbonyl (C=O) groups is 1. The molecule has 1 aromatic rings. The van der Waals surface area contributed by atoms with E-state index in [4.69, 9.17) is 14.2 Å². The number of amides is 1. The van der Waals surface area contributed by atoms with Gasteiger partial charge in [0.2, 0.25) is 5.91 Å². The third-order valence-corrected chi connectivity index (χ3v) is 4.28. The number of benzene rings is 1. The molecule has 0 aromatic heterocycles. The normalized spacial score (nSPS) is 16.7. The molecule has 1 amide bonds. The molecule has 0 unspecified atom stereocenters. The molecule has 1 fully saturated rings. The van der Waals surface area contributed by atoms with Crippen LogP contribution < -0.4 is 14.8 Å². The summed E-state index contributed by atoms with van der Waals surface area (Å²) in [5.41, 5.74) is 0.887. The number of hydrogen-bond donors (Lipinski definition) is 1. The fourth-order valence-corrected chi connectivity index (χ4v) is 2.96. The van der Waals surface area contributed by atoms with Crippen LogP contribution in [0.2, 0.25) is 0 Å². The van der Waals surface area contributed by atoms with Crippen molar-refractivity contribution in [2.75, 3.05) is 20.8 Å². The lowest BCUT2D eigenvalue weighted by molar-refractivity contribution is -0.129. The Hall–Kier alpha value is -1.75. The van der Waals surface area contributed by atoms with Gasteiger partial charge in [-0.15, -0.1) is 0 Å². The van der Waals surface area contributed by atoms with E-state index in [9.17, 15) is 4.79 Å². The van der Waals surface area contributed by atoms with Gasteiger partial charge in [-0.3, -0.25) is 4.79 Å². The summed E-state index contributed by atoms with van der Waals surface area (Å²) in [6.45, 7) is 2.04. The Bertz CT molecular complexity index is 512. The molecule has 1 saturated carbocycles. The van der Waals surface area contributed by atoms with Gasteiger partial charge in [0, 0.05) is 5.56 Å². The zero-order chi connectivity index (χ0) is 16.7. The molecule has 2 rings (SSSR count). The molecule has 0 saturated heterocycles. The van der Waals surface area contributed by atoms with Crippen LogP contribution in [0.15, 0.2) is 18.2 Å². The Morgan fingerprint density at radius 3 is 2.61 bits per heavy atom. The van der Waals surface area contributed by atoms with Crippen molar-refractivity contribution in [3.05, 3.63) is 23.8 Å². The second-order valence-electron chi connectivity index (χ2n) is 5.97. The van der Waals surface area contributed by atoms with Gasteiger partial charge in [-0.05, 0) is 38.0 Å². The highest BCUT2D eigenvalue weighted by molar-refractivity contribution is 5.77. The summed E-state index contributed by atoms with van der Waals surface area (Å²) in [7, 11) is 3.24. The van der Waals surface area contributed by atoms with E-state index in [2.05, 4.69) is 5.32 Å². The molecule has 0 aliphatic heterocycles. The van der Waals surface area contributed by atoms with E-state index in [1.165, 1.54) is 19.3 Å². The molecule has 128 valence electrons. The lowest BCUT2D eigenvalue weighted by Gasteiger charge is -2.23. The van der Waals surface area contributed by atoms with Gasteiger partial charge in [-0.2, -0.15) is 0 Å². The van der Waals surface area contributed by atoms with E-state index in [0.717, 1.165) is 29.9 Å². The molecule has 5 nitrogen and oxygen atoms in total. The zero-order valence-corrected chi connectivity index (χ0v) is 14.3. The molecule has 0 radical (unpaired) electrons. The predicted molar refractivity (Wildman–Crippen MR) is 88.9 cm³/mol. The van der Waals surface area contributed by atoms with Gasteiger partial charge in [0.1, 0.15) is 18.1 Å². The van der Waals surface area contributed by atoms with Crippen LogP contribution >= 0.6 is 0 Å². The lowest BCUT2D eigenvalue weighted by atomic mass is 9.98. The fourth-order valence-electron chi connectivity index (χ4n) is 2.96. The van der Waals surface area contributed by atoms with Gasteiger partial charge >= 0.3 is 0 Å². The third-order valence-electron chi connectivity index (χ3n) is 4.28. The quantitative estimate of drug-likeness (QED) is 0.838. The molecular formula is C18H27NO4. The summed E-state index contributed by atoms with van der Waals surface area (Å²) in [5.74, 6) is 1.36. The van der Waals surface area contributed by atoms with E-state index in [0.29, 0.717) is 0 Å². The second-order valence-corrected chi connectivity index (χ2v) is 5.97. The molecule has 1 aliphatic rings. The second kappa shape index (κ2) is 8.77. The molecule has 23 heavy (non-hydrogen) atoms. The molecule has 5 heteroatoms. The van der Waals surface area contributed by atoms with Gasteiger partial charge in [-0.1, -0.05) is 19.3 Å². The Balaban J connectivity index is 1.89. The maximum atomic E-state index is 12.1. The molecule has 1 aliphatic carbocycles. The van der Waals surface area contributed by atoms with Crippen LogP contribution in [0.1, 0.15) is 50.6 Å². The zero-order valence-electron chi connectivity index (χ0n) is 14.3. The monoisotopic (exact) mass is 321 g/mol. The first-order valence-corrected chi connectivity index (χ1v) is 8.27. The van der Waals surface area contributed by atoms with Crippen molar-refractivity contribution >= 4 is 5.91 Å². The molecular weight excluding hydrogens is 294 g/mol. The summed E-state index contributed by atoms with van der Waals surface area (Å²) < 4.78 is 16.3. The Morgan fingerprint density at radius 1 is 1.22 bits per heavy atom. The van der Waals surface area contributed by atoms with Crippen LogP contribution in [0.3, 0.4) is 0 Å². The highest BCUT2D eigenvalue weighted by Crippen LogP contribution is 2.29. The molecule has 1 atom stereocenters. The number of rotatable bonds is 7. The minimum absolute atomic E-state index is 0.104. The van der Waals surface area contributed by atoms with Crippen molar-refractivity contribution in [3.8, 4) is 11.5 Å². The SMILES string of the molecule is COc1ccc(OC)c([C@@H](C)NC(=O)COC2CCCCC2)c1. The maximum Gasteiger partial charge on any atom is 0.246 e. The van der Waals surface area contributed by atoms with Gasteiger partial charge in [0.05, 0.1) is 26.4 Å². The molecule has 0 bridgehead atoms. The summed E-state index contributed by atoms with van der Waals surface area (Å²) in [5, 5.41) is 2.96.